The normalized spacial score (nSPS) is 20.4. The highest BCUT2D eigenvalue weighted by Gasteiger charge is 2.18. The lowest BCUT2D eigenvalue weighted by molar-refractivity contribution is 0.198. The fourth-order valence-electron chi connectivity index (χ4n) is 2.89. The fraction of sp³-hybridized carbons (Fsp3) is 0.438. The molecule has 0 amide bonds. The Kier molecular flexibility index (Phi) is 3.92. The lowest BCUT2D eigenvalue weighted by atomic mass is 10.1. The van der Waals surface area contributed by atoms with E-state index in [1.165, 1.54) is 0 Å². The molecule has 1 aromatic carbocycles. The van der Waals surface area contributed by atoms with Gasteiger partial charge in [0.05, 0.1) is 16.2 Å². The Bertz CT molecular complexity index is 626. The molecular weight excluding hydrogens is 270 g/mol. The van der Waals surface area contributed by atoms with Crippen molar-refractivity contribution in [2.75, 3.05) is 19.6 Å². The van der Waals surface area contributed by atoms with E-state index in [9.17, 15) is 0 Å². The number of hydrogen-bond donors (Lipinski definition) is 1. The summed E-state index contributed by atoms with van der Waals surface area (Å²) in [6.07, 6.45) is 0. The Hall–Kier alpha value is -1.16. The lowest BCUT2D eigenvalue weighted by Gasteiger charge is -2.31. The zero-order chi connectivity index (χ0) is 14.1. The van der Waals surface area contributed by atoms with E-state index in [0.29, 0.717) is 6.04 Å². The number of halogens is 1. The van der Waals surface area contributed by atoms with Gasteiger partial charge in [-0.05, 0) is 25.5 Å². The van der Waals surface area contributed by atoms with E-state index in [1.54, 1.807) is 0 Å². The number of aromatic nitrogens is 1. The second kappa shape index (κ2) is 5.68. The molecule has 0 bridgehead atoms. The first kappa shape index (κ1) is 13.8. The molecule has 1 atom stereocenters. The predicted molar refractivity (Wildman–Crippen MR) is 84.2 cm³/mol. The highest BCUT2D eigenvalue weighted by molar-refractivity contribution is 6.32. The molecule has 1 fully saturated rings. The van der Waals surface area contributed by atoms with Crippen molar-refractivity contribution in [2.45, 2.75) is 26.4 Å². The topological polar surface area (TPSA) is 28.2 Å². The standard InChI is InChI=1S/C16H20ClN3/c1-11-9-20(8-7-18-11)10-15-16(17)12(2)13-5-3-4-6-14(13)19-15/h3-6,11,18H,7-10H2,1-2H3. The number of piperazine rings is 1. The van der Waals surface area contributed by atoms with Crippen LogP contribution in [0.25, 0.3) is 10.9 Å². The number of pyridine rings is 1. The Morgan fingerprint density at radius 1 is 1.40 bits per heavy atom. The molecule has 20 heavy (non-hydrogen) atoms. The number of nitrogens with one attached hydrogen (secondary N) is 1. The lowest BCUT2D eigenvalue weighted by Crippen LogP contribution is -2.48. The second-order valence-corrected chi connectivity index (χ2v) is 5.98. The van der Waals surface area contributed by atoms with Crippen LogP contribution in [0.2, 0.25) is 5.02 Å². The van der Waals surface area contributed by atoms with Crippen molar-refractivity contribution < 1.29 is 0 Å². The first-order valence-electron chi connectivity index (χ1n) is 7.14. The maximum atomic E-state index is 6.52. The van der Waals surface area contributed by atoms with E-state index in [-0.39, 0.29) is 0 Å². The number of nitrogens with zero attached hydrogens (tertiary/aromatic N) is 2. The van der Waals surface area contributed by atoms with E-state index in [4.69, 9.17) is 16.6 Å². The largest absolute Gasteiger partial charge is 0.312 e. The third-order valence-electron chi connectivity index (χ3n) is 3.97. The number of aryl methyl sites for hydroxylation is 1. The number of benzene rings is 1. The average molecular weight is 290 g/mol. The summed E-state index contributed by atoms with van der Waals surface area (Å²) < 4.78 is 0. The molecule has 3 rings (SSSR count). The van der Waals surface area contributed by atoms with Crippen LogP contribution in [0.5, 0.6) is 0 Å². The summed E-state index contributed by atoms with van der Waals surface area (Å²) >= 11 is 6.52. The summed E-state index contributed by atoms with van der Waals surface area (Å²) in [7, 11) is 0. The van der Waals surface area contributed by atoms with Crippen molar-refractivity contribution in [3.05, 3.63) is 40.5 Å². The van der Waals surface area contributed by atoms with Crippen LogP contribution in [0.15, 0.2) is 24.3 Å². The van der Waals surface area contributed by atoms with Gasteiger partial charge in [-0.3, -0.25) is 4.90 Å². The van der Waals surface area contributed by atoms with Crippen LogP contribution in [0.4, 0.5) is 0 Å². The minimum atomic E-state index is 0.532. The molecule has 1 aromatic heterocycles. The van der Waals surface area contributed by atoms with Crippen LogP contribution < -0.4 is 5.32 Å². The third kappa shape index (κ3) is 2.66. The molecule has 0 saturated carbocycles. The van der Waals surface area contributed by atoms with Crippen LogP contribution in [0.3, 0.4) is 0 Å². The van der Waals surface area contributed by atoms with Crippen LogP contribution in [-0.2, 0) is 6.54 Å². The quantitative estimate of drug-likeness (QED) is 0.921. The Morgan fingerprint density at radius 3 is 3.00 bits per heavy atom. The van der Waals surface area contributed by atoms with Crippen molar-refractivity contribution in [1.82, 2.24) is 15.2 Å². The number of rotatable bonds is 2. The SMILES string of the molecule is Cc1c(Cl)c(CN2CCNC(C)C2)nc2ccccc12. The number of fused-ring (bicyclic) bond motifs is 1. The van der Waals surface area contributed by atoms with Gasteiger partial charge in [-0.15, -0.1) is 0 Å². The van der Waals surface area contributed by atoms with Crippen LogP contribution >= 0.6 is 11.6 Å². The molecule has 0 spiro atoms. The average Bonchev–Trinajstić information content (AvgIpc) is 2.45. The molecule has 106 valence electrons. The molecule has 1 N–H and O–H groups in total. The van der Waals surface area contributed by atoms with Gasteiger partial charge in [-0.2, -0.15) is 0 Å². The first-order valence-corrected chi connectivity index (χ1v) is 7.52. The molecule has 2 heterocycles. The van der Waals surface area contributed by atoms with Gasteiger partial charge in [0.25, 0.3) is 0 Å². The molecule has 2 aromatic rings. The van der Waals surface area contributed by atoms with Gasteiger partial charge in [0.1, 0.15) is 0 Å². The van der Waals surface area contributed by atoms with Gasteiger partial charge < -0.3 is 5.32 Å². The number of para-hydroxylation sites is 1. The molecule has 4 heteroatoms. The van der Waals surface area contributed by atoms with Gasteiger partial charge in [-0.1, -0.05) is 29.8 Å². The summed E-state index contributed by atoms with van der Waals surface area (Å²) in [5.74, 6) is 0. The molecule has 1 unspecified atom stereocenters. The number of hydrogen-bond acceptors (Lipinski definition) is 3. The van der Waals surface area contributed by atoms with Crippen molar-refractivity contribution >= 4 is 22.5 Å². The molecule has 0 aliphatic carbocycles. The van der Waals surface area contributed by atoms with Crippen molar-refractivity contribution in [2.24, 2.45) is 0 Å². The Balaban J connectivity index is 1.93. The summed E-state index contributed by atoms with van der Waals surface area (Å²) in [5.41, 5.74) is 3.17. The van der Waals surface area contributed by atoms with E-state index in [1.807, 2.05) is 12.1 Å². The summed E-state index contributed by atoms with van der Waals surface area (Å²) in [5, 5.41) is 5.42. The third-order valence-corrected chi connectivity index (χ3v) is 4.47. The Labute approximate surface area is 124 Å². The van der Waals surface area contributed by atoms with Gasteiger partial charge in [0.2, 0.25) is 0 Å². The zero-order valence-corrected chi connectivity index (χ0v) is 12.7. The molecule has 3 nitrogen and oxygen atoms in total. The highest BCUT2D eigenvalue weighted by atomic mass is 35.5. The van der Waals surface area contributed by atoms with Gasteiger partial charge in [0, 0.05) is 37.6 Å². The maximum absolute atomic E-state index is 6.52. The van der Waals surface area contributed by atoms with Crippen LogP contribution in [-0.4, -0.2) is 35.6 Å². The minimum Gasteiger partial charge on any atom is -0.312 e. The predicted octanol–water partition coefficient (Wildman–Crippen LogP) is 2.99. The highest BCUT2D eigenvalue weighted by Crippen LogP contribution is 2.27. The van der Waals surface area contributed by atoms with Crippen molar-refractivity contribution in [3.8, 4) is 0 Å². The zero-order valence-electron chi connectivity index (χ0n) is 12.0. The van der Waals surface area contributed by atoms with E-state index < -0.39 is 0 Å². The fourth-order valence-corrected chi connectivity index (χ4v) is 3.09. The van der Waals surface area contributed by atoms with Gasteiger partial charge >= 0.3 is 0 Å². The second-order valence-electron chi connectivity index (χ2n) is 5.60. The molecular formula is C16H20ClN3. The summed E-state index contributed by atoms with van der Waals surface area (Å²) in [6, 6.07) is 8.73. The van der Waals surface area contributed by atoms with Gasteiger partial charge in [0.15, 0.2) is 0 Å². The monoisotopic (exact) mass is 289 g/mol. The summed E-state index contributed by atoms with van der Waals surface area (Å²) in [4.78, 5) is 7.18. The minimum absolute atomic E-state index is 0.532. The smallest absolute Gasteiger partial charge is 0.0740 e. The van der Waals surface area contributed by atoms with Crippen LogP contribution in [0, 0.1) is 6.92 Å². The molecule has 1 aliphatic rings. The maximum Gasteiger partial charge on any atom is 0.0740 e. The first-order chi connectivity index (χ1) is 9.65. The van der Waals surface area contributed by atoms with Crippen LogP contribution in [0.1, 0.15) is 18.2 Å². The Morgan fingerprint density at radius 2 is 2.20 bits per heavy atom. The molecule has 1 aliphatic heterocycles. The van der Waals surface area contributed by atoms with E-state index >= 15 is 0 Å². The van der Waals surface area contributed by atoms with E-state index in [0.717, 1.165) is 53.4 Å². The van der Waals surface area contributed by atoms with Crippen molar-refractivity contribution in [1.29, 1.82) is 0 Å². The molecule has 0 radical (unpaired) electrons. The van der Waals surface area contributed by atoms with Crippen molar-refractivity contribution in [3.63, 3.8) is 0 Å². The summed E-state index contributed by atoms with van der Waals surface area (Å²) in [6.45, 7) is 8.25. The van der Waals surface area contributed by atoms with Gasteiger partial charge in [-0.25, -0.2) is 4.98 Å². The molecule has 1 saturated heterocycles. The van der Waals surface area contributed by atoms with E-state index in [2.05, 4.69) is 36.2 Å².